The minimum Gasteiger partial charge on any atom is -0.484 e. The number of para-hydroxylation sites is 1. The maximum Gasteiger partial charge on any atom is 0.277 e. The molecule has 0 aliphatic carbocycles. The molecule has 200 valence electrons. The highest BCUT2D eigenvalue weighted by Gasteiger charge is 2.11. The van der Waals surface area contributed by atoms with E-state index in [2.05, 4.69) is 58.8 Å². The summed E-state index contributed by atoms with van der Waals surface area (Å²) >= 11 is 6.25. The number of pyridine rings is 2. The molecule has 2 heterocycles. The summed E-state index contributed by atoms with van der Waals surface area (Å²) in [6.07, 6.45) is 1.47. The summed E-state index contributed by atoms with van der Waals surface area (Å²) in [6.45, 7) is 1.90. The number of nitrogens with zero attached hydrogens (tertiary/aromatic N) is 3. The molecule has 0 saturated heterocycles. The smallest absolute Gasteiger partial charge is 0.277 e. The van der Waals surface area contributed by atoms with E-state index in [0.29, 0.717) is 16.5 Å². The number of hydrogen-bond donors (Lipinski definition) is 1. The lowest BCUT2D eigenvalue weighted by molar-refractivity contribution is -0.123. The number of halogens is 1. The molecule has 6 nitrogen and oxygen atoms in total. The standard InChI is InChI=1S/C34H25ClN4O2/c1-22-11-16-31-29(17-22)28(23-7-3-2-4-8-23)19-32(37-31)24-12-14-27(15-13-24)41-21-33(40)39-36-20-26-18-25-9-5-6-10-30(25)38-34(26)35/h2-20H,21H2,1H3,(H,39,40)/b36-20+. The van der Waals surface area contributed by atoms with E-state index in [-0.39, 0.29) is 6.61 Å². The molecular weight excluding hydrogens is 532 g/mol. The topological polar surface area (TPSA) is 76.5 Å². The van der Waals surface area contributed by atoms with Gasteiger partial charge in [0.05, 0.1) is 22.9 Å². The Balaban J connectivity index is 1.13. The van der Waals surface area contributed by atoms with E-state index in [1.165, 1.54) is 11.8 Å². The van der Waals surface area contributed by atoms with Crippen molar-refractivity contribution in [2.45, 2.75) is 6.92 Å². The van der Waals surface area contributed by atoms with Gasteiger partial charge in [-0.15, -0.1) is 0 Å². The maximum atomic E-state index is 12.3. The van der Waals surface area contributed by atoms with E-state index < -0.39 is 5.91 Å². The van der Waals surface area contributed by atoms with Gasteiger partial charge in [-0.25, -0.2) is 15.4 Å². The zero-order valence-electron chi connectivity index (χ0n) is 22.2. The third-order valence-corrected chi connectivity index (χ3v) is 6.97. The van der Waals surface area contributed by atoms with Crippen LogP contribution in [-0.2, 0) is 4.79 Å². The van der Waals surface area contributed by atoms with Gasteiger partial charge in [-0.05, 0) is 72.6 Å². The molecule has 0 aliphatic heterocycles. The SMILES string of the molecule is Cc1ccc2nc(-c3ccc(OCC(=O)N/N=C/c4cc5ccccc5nc4Cl)cc3)cc(-c3ccccc3)c2c1. The van der Waals surface area contributed by atoms with E-state index in [1.807, 2.05) is 72.8 Å². The molecular formula is C34H25ClN4O2. The number of ether oxygens (including phenoxy) is 1. The van der Waals surface area contributed by atoms with Crippen LogP contribution in [0.3, 0.4) is 0 Å². The molecule has 1 N–H and O–H groups in total. The predicted octanol–water partition coefficient (Wildman–Crippen LogP) is 7.61. The average molecular weight is 557 g/mol. The van der Waals surface area contributed by atoms with Crippen molar-refractivity contribution in [1.82, 2.24) is 15.4 Å². The molecule has 0 spiro atoms. The molecule has 4 aromatic carbocycles. The van der Waals surface area contributed by atoms with Crippen LogP contribution in [0.15, 0.2) is 114 Å². The molecule has 6 aromatic rings. The quantitative estimate of drug-likeness (QED) is 0.125. The van der Waals surface area contributed by atoms with Crippen molar-refractivity contribution in [3.05, 3.63) is 125 Å². The Hall–Kier alpha value is -5.07. The Morgan fingerprint density at radius 1 is 0.854 bits per heavy atom. The molecule has 0 unspecified atom stereocenters. The molecule has 0 bridgehead atoms. The van der Waals surface area contributed by atoms with E-state index in [0.717, 1.165) is 44.2 Å². The first-order valence-corrected chi connectivity index (χ1v) is 13.5. The second kappa shape index (κ2) is 11.6. The summed E-state index contributed by atoms with van der Waals surface area (Å²) in [5, 5.41) is 6.36. The van der Waals surface area contributed by atoms with Crippen LogP contribution in [0.2, 0.25) is 5.15 Å². The first kappa shape index (κ1) is 26.2. The molecule has 0 fully saturated rings. The van der Waals surface area contributed by atoms with Gasteiger partial charge in [-0.2, -0.15) is 5.10 Å². The molecule has 2 aromatic heterocycles. The lowest BCUT2D eigenvalue weighted by Gasteiger charge is -2.12. The third kappa shape index (κ3) is 5.93. The number of hydrazone groups is 1. The number of rotatable bonds is 7. The Bertz CT molecular complexity index is 1900. The second-order valence-electron chi connectivity index (χ2n) is 9.61. The molecule has 41 heavy (non-hydrogen) atoms. The van der Waals surface area contributed by atoms with Gasteiger partial charge in [-0.1, -0.05) is 71.8 Å². The Labute approximate surface area is 242 Å². The number of carbonyl (C=O) groups is 1. The largest absolute Gasteiger partial charge is 0.484 e. The van der Waals surface area contributed by atoms with Crippen molar-refractivity contribution in [2.75, 3.05) is 6.61 Å². The highest BCUT2D eigenvalue weighted by Crippen LogP contribution is 2.33. The monoisotopic (exact) mass is 556 g/mol. The average Bonchev–Trinajstić information content (AvgIpc) is 3.00. The zero-order chi connectivity index (χ0) is 28.2. The molecule has 0 atom stereocenters. The van der Waals surface area contributed by atoms with Gasteiger partial charge in [-0.3, -0.25) is 4.79 Å². The van der Waals surface area contributed by atoms with Crippen molar-refractivity contribution in [3.8, 4) is 28.1 Å². The van der Waals surface area contributed by atoms with Gasteiger partial charge in [0.25, 0.3) is 5.91 Å². The van der Waals surface area contributed by atoms with Gasteiger partial charge in [0.2, 0.25) is 0 Å². The van der Waals surface area contributed by atoms with Crippen molar-refractivity contribution in [1.29, 1.82) is 0 Å². The van der Waals surface area contributed by atoms with Gasteiger partial charge < -0.3 is 4.74 Å². The van der Waals surface area contributed by atoms with Gasteiger partial charge in [0, 0.05) is 21.9 Å². The van der Waals surface area contributed by atoms with E-state index in [1.54, 1.807) is 0 Å². The van der Waals surface area contributed by atoms with E-state index in [9.17, 15) is 4.79 Å². The fourth-order valence-electron chi connectivity index (χ4n) is 4.62. The minimum atomic E-state index is -0.394. The summed E-state index contributed by atoms with van der Waals surface area (Å²) in [7, 11) is 0. The van der Waals surface area contributed by atoms with E-state index in [4.69, 9.17) is 21.3 Å². The zero-order valence-corrected chi connectivity index (χ0v) is 23.0. The number of carbonyl (C=O) groups excluding carboxylic acids is 1. The maximum absolute atomic E-state index is 12.3. The van der Waals surface area contributed by atoms with E-state index >= 15 is 0 Å². The number of nitrogens with one attached hydrogen (secondary N) is 1. The lowest BCUT2D eigenvalue weighted by Crippen LogP contribution is -2.24. The van der Waals surface area contributed by atoms with Crippen LogP contribution in [0.5, 0.6) is 5.75 Å². The number of hydrogen-bond acceptors (Lipinski definition) is 5. The van der Waals surface area contributed by atoms with Crippen LogP contribution in [-0.4, -0.2) is 28.7 Å². The van der Waals surface area contributed by atoms with Gasteiger partial charge >= 0.3 is 0 Å². The van der Waals surface area contributed by atoms with Crippen LogP contribution in [0.4, 0.5) is 0 Å². The van der Waals surface area contributed by atoms with Crippen LogP contribution < -0.4 is 10.2 Å². The van der Waals surface area contributed by atoms with Crippen molar-refractivity contribution in [2.24, 2.45) is 5.10 Å². The van der Waals surface area contributed by atoms with Crippen molar-refractivity contribution in [3.63, 3.8) is 0 Å². The van der Waals surface area contributed by atoms with Crippen LogP contribution in [0.25, 0.3) is 44.2 Å². The number of aromatic nitrogens is 2. The van der Waals surface area contributed by atoms with Crippen molar-refractivity contribution >= 4 is 45.5 Å². The molecule has 7 heteroatoms. The summed E-state index contributed by atoms with van der Waals surface area (Å²) < 4.78 is 5.67. The predicted molar refractivity (Wildman–Crippen MR) is 165 cm³/mol. The lowest BCUT2D eigenvalue weighted by atomic mass is 9.97. The first-order valence-electron chi connectivity index (χ1n) is 13.1. The minimum absolute atomic E-state index is 0.188. The molecule has 6 rings (SSSR count). The third-order valence-electron chi connectivity index (χ3n) is 6.67. The molecule has 0 radical (unpaired) electrons. The highest BCUT2D eigenvalue weighted by atomic mass is 35.5. The van der Waals surface area contributed by atoms with Crippen LogP contribution in [0, 0.1) is 6.92 Å². The Morgan fingerprint density at radius 2 is 1.63 bits per heavy atom. The summed E-state index contributed by atoms with van der Waals surface area (Å²) in [5.74, 6) is 0.170. The summed E-state index contributed by atoms with van der Waals surface area (Å²) in [4.78, 5) is 21.6. The van der Waals surface area contributed by atoms with Crippen molar-refractivity contribution < 1.29 is 9.53 Å². The number of benzene rings is 4. The highest BCUT2D eigenvalue weighted by molar-refractivity contribution is 6.32. The molecule has 0 aliphatic rings. The Kier molecular flexibility index (Phi) is 7.39. The molecule has 0 saturated carbocycles. The summed E-state index contributed by atoms with van der Waals surface area (Å²) in [5.41, 5.74) is 10.1. The van der Waals surface area contributed by atoms with Crippen LogP contribution >= 0.6 is 11.6 Å². The fraction of sp³-hybridized carbons (Fsp3) is 0.0588. The first-order chi connectivity index (χ1) is 20.0. The fourth-order valence-corrected chi connectivity index (χ4v) is 4.81. The second-order valence-corrected chi connectivity index (χ2v) is 9.97. The van der Waals surface area contributed by atoms with Gasteiger partial charge in [0.1, 0.15) is 10.9 Å². The van der Waals surface area contributed by atoms with Crippen LogP contribution in [0.1, 0.15) is 11.1 Å². The summed E-state index contributed by atoms with van der Waals surface area (Å²) in [6, 6.07) is 35.8. The molecule has 1 amide bonds. The normalized spacial score (nSPS) is 11.3. The van der Waals surface area contributed by atoms with Gasteiger partial charge in [0.15, 0.2) is 6.61 Å². The number of fused-ring (bicyclic) bond motifs is 2. The number of aryl methyl sites for hydroxylation is 1. The number of amides is 1. The Morgan fingerprint density at radius 3 is 2.46 bits per heavy atom.